The third-order valence-electron chi connectivity index (χ3n) is 4.30. The van der Waals surface area contributed by atoms with E-state index in [9.17, 15) is 9.59 Å². The van der Waals surface area contributed by atoms with E-state index in [1.807, 2.05) is 23.1 Å². The first kappa shape index (κ1) is 14.7. The maximum Gasteiger partial charge on any atom is 0.245 e. The number of nitrogens with zero attached hydrogens (tertiary/aromatic N) is 2. The molecule has 0 saturated carbocycles. The van der Waals surface area contributed by atoms with Crippen LogP contribution in [0, 0.1) is 0 Å². The minimum absolute atomic E-state index is 0.0200. The highest BCUT2D eigenvalue weighted by Gasteiger charge is 2.32. The topological polar surface area (TPSA) is 61.9 Å². The van der Waals surface area contributed by atoms with E-state index < -0.39 is 0 Å². The molecule has 2 heterocycles. The summed E-state index contributed by atoms with van der Waals surface area (Å²) in [5, 5.41) is 2.75. The molecule has 0 unspecified atom stereocenters. The van der Waals surface area contributed by atoms with Gasteiger partial charge in [0, 0.05) is 44.4 Å². The van der Waals surface area contributed by atoms with Gasteiger partial charge in [-0.25, -0.2) is 0 Å². The second-order valence-electron chi connectivity index (χ2n) is 5.67. The van der Waals surface area contributed by atoms with E-state index in [1.54, 1.807) is 7.11 Å². The van der Waals surface area contributed by atoms with Crippen molar-refractivity contribution >= 4 is 17.5 Å². The average molecular weight is 303 g/mol. The molecule has 0 aliphatic carbocycles. The number of anilines is 1. The molecule has 1 aromatic rings. The van der Waals surface area contributed by atoms with Gasteiger partial charge in [-0.15, -0.1) is 0 Å². The standard InChI is InChI=1S/C16H21N3O3/c1-22-13-4-2-3-12(11-13)18-7-9-19(10-8-18)16(21)14-5-6-15(20)17-14/h2-4,11,14H,5-10H2,1H3,(H,17,20)/t14-/m1/s1. The molecule has 2 aliphatic heterocycles. The van der Waals surface area contributed by atoms with E-state index in [1.165, 1.54) is 0 Å². The van der Waals surface area contributed by atoms with Crippen LogP contribution in [-0.4, -0.2) is 56.0 Å². The average Bonchev–Trinajstić information content (AvgIpc) is 3.01. The largest absolute Gasteiger partial charge is 0.497 e. The molecular weight excluding hydrogens is 282 g/mol. The molecule has 0 spiro atoms. The molecule has 6 heteroatoms. The Bertz CT molecular complexity index is 568. The zero-order valence-corrected chi connectivity index (χ0v) is 12.7. The summed E-state index contributed by atoms with van der Waals surface area (Å²) in [6.45, 7) is 2.95. The van der Waals surface area contributed by atoms with Crippen molar-refractivity contribution in [3.63, 3.8) is 0 Å². The zero-order valence-electron chi connectivity index (χ0n) is 12.7. The third kappa shape index (κ3) is 3.00. The molecular formula is C16H21N3O3. The fraction of sp³-hybridized carbons (Fsp3) is 0.500. The molecule has 2 amide bonds. The van der Waals surface area contributed by atoms with E-state index in [-0.39, 0.29) is 17.9 Å². The molecule has 6 nitrogen and oxygen atoms in total. The number of piperazine rings is 1. The maximum absolute atomic E-state index is 12.4. The lowest BCUT2D eigenvalue weighted by Crippen LogP contribution is -2.53. The minimum atomic E-state index is -0.323. The van der Waals surface area contributed by atoms with Crippen molar-refractivity contribution < 1.29 is 14.3 Å². The normalized spacial score (nSPS) is 21.7. The Morgan fingerprint density at radius 1 is 1.27 bits per heavy atom. The van der Waals surface area contributed by atoms with Crippen LogP contribution in [0.4, 0.5) is 5.69 Å². The van der Waals surface area contributed by atoms with Crippen molar-refractivity contribution in [2.75, 3.05) is 38.2 Å². The number of amides is 2. The van der Waals surface area contributed by atoms with Crippen LogP contribution in [0.5, 0.6) is 5.75 Å². The number of ether oxygens (including phenoxy) is 1. The van der Waals surface area contributed by atoms with Crippen molar-refractivity contribution in [2.45, 2.75) is 18.9 Å². The fourth-order valence-corrected chi connectivity index (χ4v) is 3.01. The summed E-state index contributed by atoms with van der Waals surface area (Å²) in [6.07, 6.45) is 1.08. The first-order chi connectivity index (χ1) is 10.7. The predicted molar refractivity (Wildman–Crippen MR) is 83.0 cm³/mol. The summed E-state index contributed by atoms with van der Waals surface area (Å²) in [7, 11) is 1.66. The van der Waals surface area contributed by atoms with Gasteiger partial charge in [0.1, 0.15) is 11.8 Å². The van der Waals surface area contributed by atoms with E-state index in [4.69, 9.17) is 4.74 Å². The highest BCUT2D eigenvalue weighted by atomic mass is 16.5. The number of hydrogen-bond donors (Lipinski definition) is 1. The third-order valence-corrected chi connectivity index (χ3v) is 4.30. The van der Waals surface area contributed by atoms with Crippen LogP contribution < -0.4 is 15.0 Å². The van der Waals surface area contributed by atoms with Gasteiger partial charge in [0.05, 0.1) is 7.11 Å². The predicted octanol–water partition coefficient (Wildman–Crippen LogP) is 0.622. The first-order valence-corrected chi connectivity index (χ1v) is 7.64. The van der Waals surface area contributed by atoms with Gasteiger partial charge in [-0.05, 0) is 18.6 Å². The summed E-state index contributed by atoms with van der Waals surface area (Å²) < 4.78 is 5.25. The SMILES string of the molecule is COc1cccc(N2CCN(C(=O)[C@H]3CCC(=O)N3)CC2)c1. The number of hydrogen-bond acceptors (Lipinski definition) is 4. The van der Waals surface area contributed by atoms with Gasteiger partial charge in [-0.1, -0.05) is 6.07 Å². The van der Waals surface area contributed by atoms with Crippen LogP contribution in [0.15, 0.2) is 24.3 Å². The van der Waals surface area contributed by atoms with Crippen LogP contribution in [0.25, 0.3) is 0 Å². The maximum atomic E-state index is 12.4. The lowest BCUT2D eigenvalue weighted by atomic mass is 10.1. The highest BCUT2D eigenvalue weighted by Crippen LogP contribution is 2.22. The van der Waals surface area contributed by atoms with Gasteiger partial charge in [-0.2, -0.15) is 0 Å². The van der Waals surface area contributed by atoms with Crippen LogP contribution in [0.1, 0.15) is 12.8 Å². The molecule has 1 aromatic carbocycles. The van der Waals surface area contributed by atoms with Gasteiger partial charge in [0.2, 0.25) is 11.8 Å². The number of carbonyl (C=O) groups excluding carboxylic acids is 2. The van der Waals surface area contributed by atoms with Gasteiger partial charge < -0.3 is 19.9 Å². The molecule has 2 fully saturated rings. The molecule has 1 N–H and O–H groups in total. The highest BCUT2D eigenvalue weighted by molar-refractivity contribution is 5.90. The Labute approximate surface area is 130 Å². The molecule has 0 radical (unpaired) electrons. The number of rotatable bonds is 3. The van der Waals surface area contributed by atoms with E-state index in [0.717, 1.165) is 24.5 Å². The van der Waals surface area contributed by atoms with Crippen molar-refractivity contribution in [1.29, 1.82) is 0 Å². The quantitative estimate of drug-likeness (QED) is 0.889. The number of carbonyl (C=O) groups is 2. The van der Waals surface area contributed by atoms with E-state index >= 15 is 0 Å². The van der Waals surface area contributed by atoms with E-state index in [0.29, 0.717) is 25.9 Å². The summed E-state index contributed by atoms with van der Waals surface area (Å²) in [6, 6.07) is 7.63. The van der Waals surface area contributed by atoms with Crippen LogP contribution in [0.2, 0.25) is 0 Å². The van der Waals surface area contributed by atoms with E-state index in [2.05, 4.69) is 16.3 Å². The van der Waals surface area contributed by atoms with Crippen molar-refractivity contribution in [3.05, 3.63) is 24.3 Å². The van der Waals surface area contributed by atoms with Crippen molar-refractivity contribution in [2.24, 2.45) is 0 Å². The molecule has 0 aromatic heterocycles. The van der Waals surface area contributed by atoms with Crippen LogP contribution in [-0.2, 0) is 9.59 Å². The summed E-state index contributed by atoms with van der Waals surface area (Å²) >= 11 is 0. The van der Waals surface area contributed by atoms with Crippen molar-refractivity contribution in [3.8, 4) is 5.75 Å². The van der Waals surface area contributed by atoms with Gasteiger partial charge in [0.25, 0.3) is 0 Å². The first-order valence-electron chi connectivity index (χ1n) is 7.64. The molecule has 2 saturated heterocycles. The Kier molecular flexibility index (Phi) is 4.18. The number of nitrogens with one attached hydrogen (secondary N) is 1. The van der Waals surface area contributed by atoms with Gasteiger partial charge >= 0.3 is 0 Å². The van der Waals surface area contributed by atoms with Crippen molar-refractivity contribution in [1.82, 2.24) is 10.2 Å². The fourth-order valence-electron chi connectivity index (χ4n) is 3.01. The summed E-state index contributed by atoms with van der Waals surface area (Å²) in [4.78, 5) is 27.7. The van der Waals surface area contributed by atoms with Crippen LogP contribution >= 0.6 is 0 Å². The lowest BCUT2D eigenvalue weighted by Gasteiger charge is -2.37. The molecule has 3 rings (SSSR count). The summed E-state index contributed by atoms with van der Waals surface area (Å²) in [5.41, 5.74) is 1.11. The molecule has 118 valence electrons. The second-order valence-corrected chi connectivity index (χ2v) is 5.67. The molecule has 1 atom stereocenters. The Morgan fingerprint density at radius 2 is 2.05 bits per heavy atom. The molecule has 22 heavy (non-hydrogen) atoms. The Morgan fingerprint density at radius 3 is 2.68 bits per heavy atom. The second kappa shape index (κ2) is 6.25. The van der Waals surface area contributed by atoms with Gasteiger partial charge in [-0.3, -0.25) is 9.59 Å². The molecule has 0 bridgehead atoms. The number of methoxy groups -OCH3 is 1. The smallest absolute Gasteiger partial charge is 0.245 e. The number of benzene rings is 1. The Hall–Kier alpha value is -2.24. The summed E-state index contributed by atoms with van der Waals surface area (Å²) in [5.74, 6) is 0.870. The monoisotopic (exact) mass is 303 g/mol. The van der Waals surface area contributed by atoms with Crippen LogP contribution in [0.3, 0.4) is 0 Å². The zero-order chi connectivity index (χ0) is 15.5. The lowest BCUT2D eigenvalue weighted by molar-refractivity contribution is -0.134. The van der Waals surface area contributed by atoms with Gasteiger partial charge in [0.15, 0.2) is 0 Å². The Balaban J connectivity index is 1.58. The minimum Gasteiger partial charge on any atom is -0.497 e. The molecule has 2 aliphatic rings.